The van der Waals surface area contributed by atoms with E-state index in [1.807, 2.05) is 17.1 Å². The summed E-state index contributed by atoms with van der Waals surface area (Å²) in [5, 5.41) is 0.506. The van der Waals surface area contributed by atoms with Crippen molar-refractivity contribution in [2.75, 3.05) is 19.1 Å². The molecule has 0 bridgehead atoms. The third-order valence-corrected chi connectivity index (χ3v) is 9.17. The van der Waals surface area contributed by atoms with Gasteiger partial charge in [-0.25, -0.2) is 4.39 Å². The van der Waals surface area contributed by atoms with Gasteiger partial charge in [0.15, 0.2) is 17.3 Å². The zero-order chi connectivity index (χ0) is 30.0. The lowest BCUT2D eigenvalue weighted by atomic mass is 9.64. The Hall–Kier alpha value is -4.75. The maximum absolute atomic E-state index is 14.8. The molecule has 0 saturated carbocycles. The molecule has 1 saturated heterocycles. The predicted molar refractivity (Wildman–Crippen MR) is 161 cm³/mol. The first-order valence-corrected chi connectivity index (χ1v) is 14.2. The SMILES string of the molecule is COc1ccc(C2C(C(=O)c3ccc(F)cc3)N3c4ccc(Cl)cc4C=CC3C23C(=O)c2ccccc2C3=O)c(OC)c1. The maximum Gasteiger partial charge on any atom is 0.185 e. The topological polar surface area (TPSA) is 72.9 Å². The fourth-order valence-electron chi connectivity index (χ4n) is 7.15. The van der Waals surface area contributed by atoms with E-state index in [0.717, 1.165) is 5.56 Å². The summed E-state index contributed by atoms with van der Waals surface area (Å²) in [5.74, 6) is -1.67. The van der Waals surface area contributed by atoms with E-state index in [1.165, 1.54) is 38.5 Å². The summed E-state index contributed by atoms with van der Waals surface area (Å²) in [5.41, 5.74) is 1.08. The van der Waals surface area contributed by atoms with Gasteiger partial charge in [-0.2, -0.15) is 0 Å². The van der Waals surface area contributed by atoms with Gasteiger partial charge in [-0.1, -0.05) is 54.1 Å². The Balaban J connectivity index is 1.57. The standard InChI is InChI=1S/C35H25ClFNO5/c1-42-23-13-14-26(28(18-23)43-2)30-31(32(39)19-7-11-22(37)12-8-19)38-27-15-10-21(36)17-20(27)9-16-29(38)35(30)33(40)24-5-3-4-6-25(24)34(35)41/h3-18,29-31H,1-2H3. The third kappa shape index (κ3) is 3.74. The van der Waals surface area contributed by atoms with E-state index in [-0.39, 0.29) is 22.9 Å². The Bertz CT molecular complexity index is 1830. The summed E-state index contributed by atoms with van der Waals surface area (Å²) in [6.45, 7) is 0. The quantitative estimate of drug-likeness (QED) is 0.187. The van der Waals surface area contributed by atoms with Crippen LogP contribution in [-0.4, -0.2) is 43.7 Å². The molecule has 6 nitrogen and oxygen atoms in total. The Morgan fingerprint density at radius 1 is 0.884 bits per heavy atom. The van der Waals surface area contributed by atoms with Crippen LogP contribution in [0.25, 0.3) is 6.08 Å². The average Bonchev–Trinajstić information content (AvgIpc) is 3.46. The van der Waals surface area contributed by atoms with Gasteiger partial charge < -0.3 is 14.4 Å². The Kier molecular flexibility index (Phi) is 6.25. The highest BCUT2D eigenvalue weighted by atomic mass is 35.5. The minimum Gasteiger partial charge on any atom is -0.497 e. The lowest BCUT2D eigenvalue weighted by Gasteiger charge is -2.37. The van der Waals surface area contributed by atoms with Crippen LogP contribution in [0.1, 0.15) is 48.1 Å². The van der Waals surface area contributed by atoms with Crippen molar-refractivity contribution in [2.45, 2.75) is 18.0 Å². The molecule has 0 aromatic heterocycles. The molecule has 1 fully saturated rings. The molecule has 4 aromatic rings. The van der Waals surface area contributed by atoms with E-state index >= 15 is 0 Å². The molecule has 0 radical (unpaired) electrons. The number of halogens is 2. The Morgan fingerprint density at radius 2 is 1.58 bits per heavy atom. The largest absolute Gasteiger partial charge is 0.497 e. The molecule has 2 aliphatic heterocycles. The lowest BCUT2D eigenvalue weighted by molar-refractivity contribution is 0.0665. The number of ketones is 3. The van der Waals surface area contributed by atoms with E-state index in [9.17, 15) is 18.8 Å². The summed E-state index contributed by atoms with van der Waals surface area (Å²) >= 11 is 6.36. The fourth-order valence-corrected chi connectivity index (χ4v) is 7.33. The molecular weight excluding hydrogens is 569 g/mol. The Morgan fingerprint density at radius 3 is 2.23 bits per heavy atom. The molecule has 1 spiro atoms. The number of hydrogen-bond acceptors (Lipinski definition) is 6. The monoisotopic (exact) mass is 593 g/mol. The smallest absolute Gasteiger partial charge is 0.185 e. The van der Waals surface area contributed by atoms with Gasteiger partial charge in [0.25, 0.3) is 0 Å². The zero-order valence-electron chi connectivity index (χ0n) is 23.2. The molecule has 4 aromatic carbocycles. The molecule has 3 atom stereocenters. The summed E-state index contributed by atoms with van der Waals surface area (Å²) in [4.78, 5) is 46.1. The van der Waals surface area contributed by atoms with Crippen LogP contribution in [0, 0.1) is 11.2 Å². The molecule has 214 valence electrons. The first kappa shape index (κ1) is 27.1. The van der Waals surface area contributed by atoms with Crippen LogP contribution in [0.3, 0.4) is 0 Å². The number of anilines is 1. The second-order valence-electron chi connectivity index (χ2n) is 10.9. The molecular formula is C35H25ClFNO5. The van der Waals surface area contributed by atoms with Crippen LogP contribution < -0.4 is 14.4 Å². The van der Waals surface area contributed by atoms with Gasteiger partial charge >= 0.3 is 0 Å². The van der Waals surface area contributed by atoms with E-state index < -0.39 is 29.2 Å². The minimum atomic E-state index is -1.71. The molecule has 8 heteroatoms. The molecule has 43 heavy (non-hydrogen) atoms. The van der Waals surface area contributed by atoms with Crippen molar-refractivity contribution in [1.29, 1.82) is 0 Å². The molecule has 0 amide bonds. The molecule has 0 N–H and O–H groups in total. The average molecular weight is 594 g/mol. The number of hydrogen-bond donors (Lipinski definition) is 0. The number of nitrogens with zero attached hydrogens (tertiary/aromatic N) is 1. The van der Waals surface area contributed by atoms with E-state index in [1.54, 1.807) is 60.7 Å². The fraction of sp³-hybridized carbons (Fsp3) is 0.171. The number of fused-ring (bicyclic) bond motifs is 5. The van der Waals surface area contributed by atoms with Gasteiger partial charge in [-0.15, -0.1) is 0 Å². The molecule has 3 aliphatic rings. The second-order valence-corrected chi connectivity index (χ2v) is 11.3. The van der Waals surface area contributed by atoms with Crippen LogP contribution in [0.2, 0.25) is 5.02 Å². The van der Waals surface area contributed by atoms with Crippen LogP contribution in [-0.2, 0) is 0 Å². The normalized spacial score (nSPS) is 21.0. The number of carbonyl (C=O) groups is 3. The summed E-state index contributed by atoms with van der Waals surface area (Å²) in [6, 6.07) is 20.7. The van der Waals surface area contributed by atoms with Gasteiger partial charge in [0.2, 0.25) is 0 Å². The van der Waals surface area contributed by atoms with Crippen LogP contribution in [0.4, 0.5) is 10.1 Å². The van der Waals surface area contributed by atoms with Gasteiger partial charge in [0, 0.05) is 44.9 Å². The predicted octanol–water partition coefficient (Wildman–Crippen LogP) is 6.81. The first-order valence-electron chi connectivity index (χ1n) is 13.8. The highest BCUT2D eigenvalue weighted by molar-refractivity contribution is 6.33. The van der Waals surface area contributed by atoms with Crippen molar-refractivity contribution < 1.29 is 28.2 Å². The highest BCUT2D eigenvalue weighted by Crippen LogP contribution is 2.62. The third-order valence-electron chi connectivity index (χ3n) is 8.94. The van der Waals surface area contributed by atoms with Crippen LogP contribution in [0.5, 0.6) is 11.5 Å². The highest BCUT2D eigenvalue weighted by Gasteiger charge is 2.72. The van der Waals surface area contributed by atoms with Crippen LogP contribution >= 0.6 is 11.6 Å². The first-order chi connectivity index (χ1) is 20.8. The number of benzene rings is 4. The molecule has 7 rings (SSSR count). The Labute approximate surface area is 252 Å². The minimum absolute atomic E-state index is 0.250. The van der Waals surface area contributed by atoms with Crippen molar-refractivity contribution in [3.63, 3.8) is 0 Å². The summed E-state index contributed by atoms with van der Waals surface area (Å²) in [6.07, 6.45) is 3.67. The number of methoxy groups -OCH3 is 2. The lowest BCUT2D eigenvalue weighted by Crippen LogP contribution is -2.48. The van der Waals surface area contributed by atoms with Crippen molar-refractivity contribution in [3.8, 4) is 11.5 Å². The van der Waals surface area contributed by atoms with Crippen molar-refractivity contribution >= 4 is 40.7 Å². The molecule has 2 heterocycles. The number of rotatable bonds is 5. The summed E-state index contributed by atoms with van der Waals surface area (Å²) < 4.78 is 25.2. The van der Waals surface area contributed by atoms with Crippen LogP contribution in [0.15, 0.2) is 91.0 Å². The van der Waals surface area contributed by atoms with Gasteiger partial charge in [-0.05, 0) is 54.1 Å². The van der Waals surface area contributed by atoms with Crippen molar-refractivity contribution in [1.82, 2.24) is 0 Å². The molecule has 1 aliphatic carbocycles. The summed E-state index contributed by atoms with van der Waals surface area (Å²) in [7, 11) is 3.02. The van der Waals surface area contributed by atoms with Gasteiger partial charge in [-0.3, -0.25) is 14.4 Å². The van der Waals surface area contributed by atoms with E-state index in [2.05, 4.69) is 0 Å². The van der Waals surface area contributed by atoms with E-state index in [0.29, 0.717) is 38.9 Å². The van der Waals surface area contributed by atoms with Crippen molar-refractivity contribution in [2.24, 2.45) is 5.41 Å². The second kappa shape index (κ2) is 9.92. The van der Waals surface area contributed by atoms with Gasteiger partial charge in [0.1, 0.15) is 28.8 Å². The molecule has 3 unspecified atom stereocenters. The number of carbonyl (C=O) groups excluding carboxylic acids is 3. The van der Waals surface area contributed by atoms with Crippen molar-refractivity contribution in [3.05, 3.63) is 130 Å². The number of Topliss-reactive ketones (excluding diaryl/α,β-unsaturated/α-hetero) is 3. The maximum atomic E-state index is 14.8. The number of ether oxygens (including phenoxy) is 2. The van der Waals surface area contributed by atoms with Gasteiger partial charge in [0.05, 0.1) is 20.3 Å². The zero-order valence-corrected chi connectivity index (χ0v) is 24.0. The van der Waals surface area contributed by atoms with E-state index in [4.69, 9.17) is 21.1 Å².